The zero-order chi connectivity index (χ0) is 22.0. The largest absolute Gasteiger partial charge is 0.338 e. The number of nitrogens with zero attached hydrogens (tertiary/aromatic N) is 5. The van der Waals surface area contributed by atoms with Crippen LogP contribution in [0.4, 0.5) is 0 Å². The first kappa shape index (κ1) is 21.4. The van der Waals surface area contributed by atoms with E-state index in [0.717, 1.165) is 27.5 Å². The smallest absolute Gasteiger partial charge is 0.242 e. The molecule has 0 N–H and O–H groups in total. The van der Waals surface area contributed by atoms with Crippen molar-refractivity contribution in [3.63, 3.8) is 0 Å². The number of hydrogen-bond acceptors (Lipinski definition) is 6. The van der Waals surface area contributed by atoms with Gasteiger partial charge in [0.15, 0.2) is 0 Å². The average Bonchev–Trinajstić information content (AvgIpc) is 3.28. The number of imide groups is 1. The summed E-state index contributed by atoms with van der Waals surface area (Å²) in [7, 11) is 0. The molecule has 0 unspecified atom stereocenters. The summed E-state index contributed by atoms with van der Waals surface area (Å²) in [5, 5.41) is 0. The van der Waals surface area contributed by atoms with Crippen molar-refractivity contribution >= 4 is 46.4 Å². The molecule has 1 aromatic carbocycles. The monoisotopic (exact) mass is 443 g/mol. The maximum absolute atomic E-state index is 13.0. The van der Waals surface area contributed by atoms with Crippen LogP contribution in [0.25, 0.3) is 11.0 Å². The number of piperazine rings is 1. The van der Waals surface area contributed by atoms with Crippen LogP contribution in [0.15, 0.2) is 24.3 Å². The number of hydrogen-bond donors (Lipinski definition) is 0. The molecule has 0 saturated carbocycles. The van der Waals surface area contributed by atoms with Crippen molar-refractivity contribution in [3.8, 4) is 0 Å². The summed E-state index contributed by atoms with van der Waals surface area (Å²) in [6.45, 7) is 1.64. The van der Waals surface area contributed by atoms with Gasteiger partial charge in [0.2, 0.25) is 23.6 Å². The number of thioether (sulfide) groups is 1. The van der Waals surface area contributed by atoms with Crippen LogP contribution in [0.1, 0.15) is 18.7 Å². The molecule has 2 aliphatic rings. The standard InChI is InChI=1S/C21H25N5O4S/c1-31-14-17-22-15-4-2-3-5-16(15)25(17)12-20(29)23-8-10-24(11-9-23)21(30)13-26-18(27)6-7-19(26)28/h2-5H,6-14H2,1H3. The molecule has 4 amide bonds. The molecule has 164 valence electrons. The molecule has 4 rings (SSSR count). The second-order valence-corrected chi connectivity index (χ2v) is 8.54. The van der Waals surface area contributed by atoms with Gasteiger partial charge in [-0.05, 0) is 18.4 Å². The van der Waals surface area contributed by atoms with Crippen LogP contribution in [0, 0.1) is 0 Å². The summed E-state index contributed by atoms with van der Waals surface area (Å²) < 4.78 is 1.97. The molecule has 0 radical (unpaired) electrons. The zero-order valence-corrected chi connectivity index (χ0v) is 18.3. The minimum atomic E-state index is -0.291. The fourth-order valence-corrected chi connectivity index (χ4v) is 4.49. The molecular weight excluding hydrogens is 418 g/mol. The van der Waals surface area contributed by atoms with Crippen LogP contribution in [-0.2, 0) is 31.5 Å². The molecule has 0 bridgehead atoms. The lowest BCUT2D eigenvalue weighted by molar-refractivity contribution is -0.147. The highest BCUT2D eigenvalue weighted by Crippen LogP contribution is 2.19. The molecular formula is C21H25N5O4S. The molecule has 0 spiro atoms. The van der Waals surface area contributed by atoms with Crippen molar-refractivity contribution in [2.24, 2.45) is 0 Å². The first-order valence-corrected chi connectivity index (χ1v) is 11.7. The Morgan fingerprint density at radius 1 is 0.935 bits per heavy atom. The zero-order valence-electron chi connectivity index (χ0n) is 17.5. The Morgan fingerprint density at radius 2 is 1.52 bits per heavy atom. The third kappa shape index (κ3) is 4.43. The Kier molecular flexibility index (Phi) is 6.26. The highest BCUT2D eigenvalue weighted by molar-refractivity contribution is 7.97. The van der Waals surface area contributed by atoms with Crippen LogP contribution < -0.4 is 0 Å². The lowest BCUT2D eigenvalue weighted by atomic mass is 10.3. The molecule has 1 aromatic heterocycles. The number of para-hydroxylation sites is 2. The van der Waals surface area contributed by atoms with Gasteiger partial charge in [0, 0.05) is 39.0 Å². The number of benzene rings is 1. The molecule has 0 atom stereocenters. The Bertz CT molecular complexity index is 1010. The van der Waals surface area contributed by atoms with Gasteiger partial charge in [-0.2, -0.15) is 11.8 Å². The maximum atomic E-state index is 13.0. The summed E-state index contributed by atoms with van der Waals surface area (Å²) in [5.41, 5.74) is 1.81. The van der Waals surface area contributed by atoms with Gasteiger partial charge in [0.25, 0.3) is 0 Å². The normalized spacial score (nSPS) is 17.1. The van der Waals surface area contributed by atoms with Crippen molar-refractivity contribution in [1.29, 1.82) is 0 Å². The first-order valence-electron chi connectivity index (χ1n) is 10.3. The predicted octanol–water partition coefficient (Wildman–Crippen LogP) is 0.719. The highest BCUT2D eigenvalue weighted by atomic mass is 32.2. The van der Waals surface area contributed by atoms with E-state index in [-0.39, 0.29) is 49.6 Å². The fraction of sp³-hybridized carbons (Fsp3) is 0.476. The van der Waals surface area contributed by atoms with Crippen LogP contribution in [-0.4, -0.2) is 86.9 Å². The van der Waals surface area contributed by atoms with E-state index in [9.17, 15) is 19.2 Å². The van der Waals surface area contributed by atoms with Crippen LogP contribution in [0.5, 0.6) is 0 Å². The van der Waals surface area contributed by atoms with Gasteiger partial charge in [-0.3, -0.25) is 24.1 Å². The van der Waals surface area contributed by atoms with E-state index in [0.29, 0.717) is 26.2 Å². The minimum Gasteiger partial charge on any atom is -0.338 e. The van der Waals surface area contributed by atoms with Crippen molar-refractivity contribution in [2.45, 2.75) is 25.1 Å². The van der Waals surface area contributed by atoms with Crippen molar-refractivity contribution in [1.82, 2.24) is 24.3 Å². The van der Waals surface area contributed by atoms with Gasteiger partial charge in [0.1, 0.15) is 18.9 Å². The fourth-order valence-electron chi connectivity index (χ4n) is 4.02. The summed E-state index contributed by atoms with van der Waals surface area (Å²) >= 11 is 1.66. The van der Waals surface area contributed by atoms with Crippen molar-refractivity contribution in [2.75, 3.05) is 39.0 Å². The van der Waals surface area contributed by atoms with E-state index in [1.54, 1.807) is 21.6 Å². The summed E-state index contributed by atoms with van der Waals surface area (Å²) in [6.07, 6.45) is 2.36. The third-order valence-corrected chi connectivity index (χ3v) is 6.28. The number of likely N-dealkylation sites (tertiary alicyclic amines) is 1. The van der Waals surface area contributed by atoms with Gasteiger partial charge in [0.05, 0.1) is 16.8 Å². The van der Waals surface area contributed by atoms with Gasteiger partial charge >= 0.3 is 0 Å². The van der Waals surface area contributed by atoms with Crippen molar-refractivity contribution in [3.05, 3.63) is 30.1 Å². The topological polar surface area (TPSA) is 95.8 Å². The predicted molar refractivity (Wildman–Crippen MR) is 116 cm³/mol. The Hall–Kier alpha value is -2.88. The lowest BCUT2D eigenvalue weighted by Crippen LogP contribution is -2.53. The van der Waals surface area contributed by atoms with E-state index in [4.69, 9.17) is 0 Å². The Balaban J connectivity index is 1.36. The number of aromatic nitrogens is 2. The van der Waals surface area contributed by atoms with E-state index in [2.05, 4.69) is 4.98 Å². The summed E-state index contributed by atoms with van der Waals surface area (Å²) in [6, 6.07) is 7.79. The number of carbonyl (C=O) groups is 4. The molecule has 0 aliphatic carbocycles. The lowest BCUT2D eigenvalue weighted by Gasteiger charge is -2.35. The first-order chi connectivity index (χ1) is 15.0. The number of carbonyl (C=O) groups excluding carboxylic acids is 4. The van der Waals surface area contributed by atoms with Gasteiger partial charge in [-0.1, -0.05) is 12.1 Å². The molecule has 31 heavy (non-hydrogen) atoms. The van der Waals surface area contributed by atoms with Gasteiger partial charge in [-0.25, -0.2) is 4.98 Å². The quantitative estimate of drug-likeness (QED) is 0.611. The second-order valence-electron chi connectivity index (χ2n) is 7.67. The van der Waals surface area contributed by atoms with Crippen LogP contribution in [0.2, 0.25) is 0 Å². The van der Waals surface area contributed by atoms with Crippen molar-refractivity contribution < 1.29 is 19.2 Å². The number of imidazole rings is 1. The van der Waals surface area contributed by atoms with Crippen LogP contribution >= 0.6 is 11.8 Å². The van der Waals surface area contributed by atoms with Gasteiger partial charge < -0.3 is 14.4 Å². The molecule has 3 heterocycles. The Morgan fingerprint density at radius 3 is 2.13 bits per heavy atom. The Labute approximate surface area is 184 Å². The molecule has 10 heteroatoms. The van der Waals surface area contributed by atoms with E-state index >= 15 is 0 Å². The highest BCUT2D eigenvalue weighted by Gasteiger charge is 2.33. The van der Waals surface area contributed by atoms with E-state index in [1.807, 2.05) is 35.1 Å². The summed E-state index contributed by atoms with van der Waals surface area (Å²) in [5.74, 6) is 0.747. The maximum Gasteiger partial charge on any atom is 0.242 e. The number of fused-ring (bicyclic) bond motifs is 1. The average molecular weight is 444 g/mol. The minimum absolute atomic E-state index is 0.0116. The summed E-state index contributed by atoms with van der Waals surface area (Å²) in [4.78, 5) is 58.0. The van der Waals surface area contributed by atoms with E-state index in [1.165, 1.54) is 0 Å². The second kappa shape index (κ2) is 9.09. The molecule has 2 aliphatic heterocycles. The van der Waals surface area contributed by atoms with E-state index < -0.39 is 0 Å². The van der Waals surface area contributed by atoms with Gasteiger partial charge in [-0.15, -0.1) is 0 Å². The SMILES string of the molecule is CSCc1nc2ccccc2n1CC(=O)N1CCN(C(=O)CN2C(=O)CCC2=O)CC1. The molecule has 2 fully saturated rings. The molecule has 9 nitrogen and oxygen atoms in total. The molecule has 2 saturated heterocycles. The number of rotatable bonds is 6. The third-order valence-electron chi connectivity index (χ3n) is 5.73. The van der Waals surface area contributed by atoms with Crippen LogP contribution in [0.3, 0.4) is 0 Å². The number of amides is 4. The molecule has 2 aromatic rings.